The van der Waals surface area contributed by atoms with Crippen LogP contribution in [-0.4, -0.2) is 56.0 Å². The molecule has 1 saturated heterocycles. The molecule has 2 amide bonds. The van der Waals surface area contributed by atoms with Crippen LogP contribution < -0.4 is 15.0 Å². The lowest BCUT2D eigenvalue weighted by molar-refractivity contribution is -0.124. The summed E-state index contributed by atoms with van der Waals surface area (Å²) in [6, 6.07) is 7.90. The zero-order valence-corrected chi connectivity index (χ0v) is 15.6. The summed E-state index contributed by atoms with van der Waals surface area (Å²) in [6.45, 7) is 2.44. The van der Waals surface area contributed by atoms with E-state index in [1.807, 2.05) is 24.3 Å². The molecule has 0 aromatic heterocycles. The molecule has 0 bridgehead atoms. The number of nitrogens with one attached hydrogen (secondary N) is 1. The Kier molecular flexibility index (Phi) is 6.50. The Labute approximate surface area is 155 Å². The molecule has 3 rings (SSSR count). The number of anilines is 1. The van der Waals surface area contributed by atoms with Crippen LogP contribution in [0.3, 0.4) is 0 Å². The van der Waals surface area contributed by atoms with Crippen LogP contribution in [0.2, 0.25) is 0 Å². The van der Waals surface area contributed by atoms with Crippen LogP contribution in [0.1, 0.15) is 38.5 Å². The predicted molar refractivity (Wildman–Crippen MR) is 101 cm³/mol. The SMILES string of the molecule is COc1ccc(N2CCN(CCC(=O)NC3CCCCC3)CC2=O)cc1. The van der Waals surface area contributed by atoms with Crippen LogP contribution in [0, 0.1) is 0 Å². The van der Waals surface area contributed by atoms with E-state index in [4.69, 9.17) is 4.74 Å². The molecule has 26 heavy (non-hydrogen) atoms. The first-order valence-electron chi connectivity index (χ1n) is 9.62. The molecule has 6 heteroatoms. The van der Waals surface area contributed by atoms with Gasteiger partial charge in [-0.2, -0.15) is 0 Å². The number of carbonyl (C=O) groups excluding carboxylic acids is 2. The summed E-state index contributed by atoms with van der Waals surface area (Å²) in [5.41, 5.74) is 0.894. The van der Waals surface area contributed by atoms with Crippen LogP contribution in [0.25, 0.3) is 0 Å². The van der Waals surface area contributed by atoms with Crippen LogP contribution in [0.5, 0.6) is 5.75 Å². The molecule has 1 aromatic rings. The molecule has 0 radical (unpaired) electrons. The summed E-state index contributed by atoms with van der Waals surface area (Å²) >= 11 is 0. The average molecular weight is 359 g/mol. The van der Waals surface area contributed by atoms with Crippen molar-refractivity contribution in [3.63, 3.8) is 0 Å². The minimum Gasteiger partial charge on any atom is -0.497 e. The zero-order valence-electron chi connectivity index (χ0n) is 15.6. The number of carbonyl (C=O) groups is 2. The van der Waals surface area contributed by atoms with Gasteiger partial charge >= 0.3 is 0 Å². The molecule has 1 aromatic carbocycles. The predicted octanol–water partition coefficient (Wildman–Crippen LogP) is 2.18. The first-order valence-corrected chi connectivity index (χ1v) is 9.62. The van der Waals surface area contributed by atoms with Crippen molar-refractivity contribution in [1.29, 1.82) is 0 Å². The minimum atomic E-state index is 0.0779. The van der Waals surface area contributed by atoms with Gasteiger partial charge in [-0.3, -0.25) is 14.5 Å². The largest absolute Gasteiger partial charge is 0.497 e. The van der Waals surface area contributed by atoms with Crippen molar-refractivity contribution >= 4 is 17.5 Å². The third kappa shape index (κ3) is 4.97. The van der Waals surface area contributed by atoms with Gasteiger partial charge in [-0.15, -0.1) is 0 Å². The van der Waals surface area contributed by atoms with Gasteiger partial charge in [-0.1, -0.05) is 19.3 Å². The fourth-order valence-electron chi connectivity index (χ4n) is 3.75. The molecule has 1 aliphatic carbocycles. The minimum absolute atomic E-state index is 0.0779. The van der Waals surface area contributed by atoms with E-state index in [0.29, 0.717) is 32.1 Å². The maximum absolute atomic E-state index is 12.5. The van der Waals surface area contributed by atoms with Crippen molar-refractivity contribution in [2.24, 2.45) is 0 Å². The first kappa shape index (κ1) is 18.7. The number of benzene rings is 1. The molecule has 2 fully saturated rings. The van der Waals surface area contributed by atoms with Gasteiger partial charge < -0.3 is 15.0 Å². The third-order valence-corrected chi connectivity index (χ3v) is 5.31. The molecule has 142 valence electrons. The molecule has 2 aliphatic rings. The molecule has 1 N–H and O–H groups in total. The molecule has 6 nitrogen and oxygen atoms in total. The number of nitrogens with zero attached hydrogens (tertiary/aromatic N) is 2. The Bertz CT molecular complexity index is 611. The number of amides is 2. The molecular weight excluding hydrogens is 330 g/mol. The van der Waals surface area contributed by atoms with Gasteiger partial charge in [0, 0.05) is 37.8 Å². The zero-order chi connectivity index (χ0) is 18.4. The van der Waals surface area contributed by atoms with Gasteiger partial charge in [0.15, 0.2) is 0 Å². The highest BCUT2D eigenvalue weighted by Gasteiger charge is 2.25. The normalized spacial score (nSPS) is 19.4. The van der Waals surface area contributed by atoms with Gasteiger partial charge in [-0.25, -0.2) is 0 Å². The van der Waals surface area contributed by atoms with Crippen molar-refractivity contribution in [2.45, 2.75) is 44.6 Å². The molecule has 1 aliphatic heterocycles. The second kappa shape index (κ2) is 9.03. The van der Waals surface area contributed by atoms with E-state index in [1.165, 1.54) is 19.3 Å². The number of methoxy groups -OCH3 is 1. The van der Waals surface area contributed by atoms with E-state index in [9.17, 15) is 9.59 Å². The van der Waals surface area contributed by atoms with Crippen LogP contribution in [-0.2, 0) is 9.59 Å². The van der Waals surface area contributed by atoms with Gasteiger partial charge in [0.25, 0.3) is 0 Å². The monoisotopic (exact) mass is 359 g/mol. The fourth-order valence-corrected chi connectivity index (χ4v) is 3.75. The number of piperazine rings is 1. The second-order valence-electron chi connectivity index (χ2n) is 7.17. The van der Waals surface area contributed by atoms with E-state index in [1.54, 1.807) is 12.0 Å². The summed E-state index contributed by atoms with van der Waals surface area (Å²) in [5.74, 6) is 0.972. The Hall–Kier alpha value is -2.08. The molecular formula is C20H29N3O3. The summed E-state index contributed by atoms with van der Waals surface area (Å²) < 4.78 is 5.16. The van der Waals surface area contributed by atoms with E-state index >= 15 is 0 Å². The van der Waals surface area contributed by atoms with E-state index in [2.05, 4.69) is 10.2 Å². The topological polar surface area (TPSA) is 61.9 Å². The third-order valence-electron chi connectivity index (χ3n) is 5.31. The van der Waals surface area contributed by atoms with Gasteiger partial charge in [-0.05, 0) is 37.1 Å². The molecule has 0 atom stereocenters. The van der Waals surface area contributed by atoms with Gasteiger partial charge in [0.2, 0.25) is 11.8 Å². The second-order valence-corrected chi connectivity index (χ2v) is 7.17. The van der Waals surface area contributed by atoms with Crippen LogP contribution in [0.4, 0.5) is 5.69 Å². The average Bonchev–Trinajstić information content (AvgIpc) is 2.67. The van der Waals surface area contributed by atoms with Crippen LogP contribution in [0.15, 0.2) is 24.3 Å². The van der Waals surface area contributed by atoms with E-state index < -0.39 is 0 Å². The highest BCUT2D eigenvalue weighted by molar-refractivity contribution is 5.95. The standard InChI is InChI=1S/C20H29N3O3/c1-26-18-9-7-17(8-10-18)23-14-13-22(15-20(23)25)12-11-19(24)21-16-5-3-2-4-6-16/h7-10,16H,2-6,11-15H2,1H3,(H,21,24). The summed E-state index contributed by atoms with van der Waals surface area (Å²) in [6.07, 6.45) is 6.38. The van der Waals surface area contributed by atoms with E-state index in [-0.39, 0.29) is 11.8 Å². The summed E-state index contributed by atoms with van der Waals surface area (Å²) in [7, 11) is 1.63. The highest BCUT2D eigenvalue weighted by atomic mass is 16.5. The lowest BCUT2D eigenvalue weighted by Crippen LogP contribution is -2.51. The molecule has 0 unspecified atom stereocenters. The lowest BCUT2D eigenvalue weighted by Gasteiger charge is -2.34. The maximum atomic E-state index is 12.5. The van der Waals surface area contributed by atoms with Crippen molar-refractivity contribution in [2.75, 3.05) is 38.2 Å². The number of hydrogen-bond donors (Lipinski definition) is 1. The molecule has 1 heterocycles. The van der Waals surface area contributed by atoms with Gasteiger partial charge in [0.1, 0.15) is 5.75 Å². The maximum Gasteiger partial charge on any atom is 0.241 e. The van der Waals surface area contributed by atoms with Crippen molar-refractivity contribution < 1.29 is 14.3 Å². The molecule has 0 spiro atoms. The fraction of sp³-hybridized carbons (Fsp3) is 0.600. The molecule has 1 saturated carbocycles. The first-order chi connectivity index (χ1) is 12.7. The van der Waals surface area contributed by atoms with Crippen molar-refractivity contribution in [1.82, 2.24) is 10.2 Å². The Morgan fingerprint density at radius 1 is 1.15 bits per heavy atom. The number of rotatable bonds is 6. The summed E-state index contributed by atoms with van der Waals surface area (Å²) in [5, 5.41) is 3.14. The van der Waals surface area contributed by atoms with Crippen molar-refractivity contribution in [3.05, 3.63) is 24.3 Å². The van der Waals surface area contributed by atoms with Gasteiger partial charge in [0.05, 0.1) is 13.7 Å². The Morgan fingerprint density at radius 3 is 2.54 bits per heavy atom. The quantitative estimate of drug-likeness (QED) is 0.846. The Morgan fingerprint density at radius 2 is 1.88 bits per heavy atom. The van der Waals surface area contributed by atoms with Crippen molar-refractivity contribution in [3.8, 4) is 5.75 Å². The number of ether oxygens (including phenoxy) is 1. The summed E-state index contributed by atoms with van der Waals surface area (Å²) in [4.78, 5) is 28.5. The Balaban J connectivity index is 1.43. The highest BCUT2D eigenvalue weighted by Crippen LogP contribution is 2.21. The number of hydrogen-bond acceptors (Lipinski definition) is 4. The van der Waals surface area contributed by atoms with Crippen LogP contribution >= 0.6 is 0 Å². The smallest absolute Gasteiger partial charge is 0.241 e. The lowest BCUT2D eigenvalue weighted by atomic mass is 9.95. The van der Waals surface area contributed by atoms with E-state index in [0.717, 1.165) is 30.8 Å².